The highest BCUT2D eigenvalue weighted by Crippen LogP contribution is 2.22. The highest BCUT2D eigenvalue weighted by Gasteiger charge is 2.31. The third-order valence-corrected chi connectivity index (χ3v) is 3.67. The first-order valence-electron chi connectivity index (χ1n) is 9.66. The summed E-state index contributed by atoms with van der Waals surface area (Å²) >= 11 is 0. The summed E-state index contributed by atoms with van der Waals surface area (Å²) in [6.07, 6.45) is 0.0106. The van der Waals surface area contributed by atoms with Gasteiger partial charge < -0.3 is 20.3 Å². The molecular formula is C21H33N3O4. The zero-order valence-corrected chi connectivity index (χ0v) is 17.7. The second-order valence-corrected chi connectivity index (χ2v) is 7.92. The zero-order valence-electron chi connectivity index (χ0n) is 17.7. The Kier molecular flexibility index (Phi) is 8.96. The number of amides is 3. The van der Waals surface area contributed by atoms with Crippen molar-refractivity contribution in [3.8, 4) is 0 Å². The average molecular weight is 392 g/mol. The molecule has 2 N–H and O–H groups in total. The quantitative estimate of drug-likeness (QED) is 0.713. The number of hydrogen-bond acceptors (Lipinski definition) is 4. The van der Waals surface area contributed by atoms with Crippen LogP contribution in [0.2, 0.25) is 0 Å². The van der Waals surface area contributed by atoms with Crippen molar-refractivity contribution in [1.82, 2.24) is 15.5 Å². The molecule has 0 spiro atoms. The van der Waals surface area contributed by atoms with Gasteiger partial charge in [0.2, 0.25) is 11.8 Å². The summed E-state index contributed by atoms with van der Waals surface area (Å²) in [5.74, 6) is -0.597. The Balaban J connectivity index is 3.02. The topological polar surface area (TPSA) is 87.7 Å². The maximum absolute atomic E-state index is 12.9. The number of hydrogen-bond donors (Lipinski definition) is 2. The molecule has 0 aliphatic carbocycles. The van der Waals surface area contributed by atoms with Crippen LogP contribution in [0.1, 0.15) is 59.6 Å². The number of nitrogens with zero attached hydrogens (tertiary/aromatic N) is 1. The third kappa shape index (κ3) is 7.98. The van der Waals surface area contributed by atoms with Gasteiger partial charge in [-0.15, -0.1) is 0 Å². The molecule has 7 nitrogen and oxygen atoms in total. The second kappa shape index (κ2) is 10.7. The molecule has 1 rings (SSSR count). The lowest BCUT2D eigenvalue weighted by molar-refractivity contribution is -0.140. The van der Waals surface area contributed by atoms with Crippen LogP contribution in [0, 0.1) is 0 Å². The van der Waals surface area contributed by atoms with Crippen LogP contribution in [-0.4, -0.2) is 47.5 Å². The normalized spacial score (nSPS) is 12.2. The predicted octanol–water partition coefficient (Wildman–Crippen LogP) is 3.02. The number of carbonyl (C=O) groups is 3. The summed E-state index contributed by atoms with van der Waals surface area (Å²) in [4.78, 5) is 39.2. The maximum Gasteiger partial charge on any atom is 0.408 e. The minimum atomic E-state index is -0.767. The fourth-order valence-corrected chi connectivity index (χ4v) is 2.67. The summed E-state index contributed by atoms with van der Waals surface area (Å²) in [7, 11) is 0. The van der Waals surface area contributed by atoms with Gasteiger partial charge >= 0.3 is 6.09 Å². The van der Waals surface area contributed by atoms with Gasteiger partial charge in [0.1, 0.15) is 18.2 Å². The summed E-state index contributed by atoms with van der Waals surface area (Å²) < 4.78 is 5.17. The number of ether oxygens (including phenoxy) is 1. The van der Waals surface area contributed by atoms with E-state index in [0.29, 0.717) is 13.0 Å². The van der Waals surface area contributed by atoms with Gasteiger partial charge in [-0.3, -0.25) is 9.59 Å². The molecule has 1 unspecified atom stereocenters. The highest BCUT2D eigenvalue weighted by atomic mass is 16.6. The van der Waals surface area contributed by atoms with Crippen molar-refractivity contribution in [1.29, 1.82) is 0 Å². The minimum Gasteiger partial charge on any atom is -0.444 e. The van der Waals surface area contributed by atoms with E-state index in [9.17, 15) is 14.4 Å². The molecule has 0 aromatic heterocycles. The largest absolute Gasteiger partial charge is 0.444 e. The molecule has 0 fully saturated rings. The van der Waals surface area contributed by atoms with Crippen molar-refractivity contribution in [2.45, 2.75) is 65.6 Å². The fraction of sp³-hybridized carbons (Fsp3) is 0.571. The third-order valence-electron chi connectivity index (χ3n) is 3.67. The van der Waals surface area contributed by atoms with Crippen LogP contribution >= 0.6 is 0 Å². The van der Waals surface area contributed by atoms with E-state index in [1.165, 1.54) is 4.90 Å². The highest BCUT2D eigenvalue weighted by molar-refractivity contribution is 5.90. The molecule has 1 aromatic carbocycles. The average Bonchev–Trinajstić information content (AvgIpc) is 2.58. The van der Waals surface area contributed by atoms with Crippen LogP contribution in [0.5, 0.6) is 0 Å². The van der Waals surface area contributed by atoms with Crippen LogP contribution in [0.25, 0.3) is 0 Å². The number of nitrogens with one attached hydrogen (secondary N) is 2. The van der Waals surface area contributed by atoms with Gasteiger partial charge in [0.05, 0.1) is 0 Å². The van der Waals surface area contributed by atoms with Crippen molar-refractivity contribution < 1.29 is 19.1 Å². The molecule has 1 aromatic rings. The molecule has 0 aliphatic rings. The van der Waals surface area contributed by atoms with E-state index in [2.05, 4.69) is 10.6 Å². The minimum absolute atomic E-state index is 0.0582. The van der Waals surface area contributed by atoms with E-state index >= 15 is 0 Å². The maximum atomic E-state index is 12.9. The van der Waals surface area contributed by atoms with E-state index in [4.69, 9.17) is 4.74 Å². The molecule has 3 amide bonds. The number of rotatable bonds is 8. The Bertz CT molecular complexity index is 653. The number of benzene rings is 1. The molecule has 1 atom stereocenters. The summed E-state index contributed by atoms with van der Waals surface area (Å²) in [5, 5.41) is 5.37. The van der Waals surface area contributed by atoms with Crippen LogP contribution in [0.3, 0.4) is 0 Å². The van der Waals surface area contributed by atoms with Gasteiger partial charge in [-0.25, -0.2) is 4.79 Å². The molecule has 0 radical (unpaired) electrons. The van der Waals surface area contributed by atoms with Crippen molar-refractivity contribution in [2.75, 3.05) is 13.1 Å². The molecule has 0 saturated carbocycles. The first-order valence-corrected chi connectivity index (χ1v) is 9.66. The summed E-state index contributed by atoms with van der Waals surface area (Å²) in [6, 6.07) is 8.34. The lowest BCUT2D eigenvalue weighted by Crippen LogP contribution is -2.49. The molecular weight excluding hydrogens is 358 g/mol. The van der Waals surface area contributed by atoms with Gasteiger partial charge in [-0.2, -0.15) is 0 Å². The lowest BCUT2D eigenvalue weighted by atomic mass is 10.0. The Morgan fingerprint density at radius 3 is 2.21 bits per heavy atom. The van der Waals surface area contributed by atoms with E-state index in [-0.39, 0.29) is 24.4 Å². The first kappa shape index (κ1) is 23.5. The van der Waals surface area contributed by atoms with Crippen LogP contribution in [0.15, 0.2) is 30.3 Å². The molecule has 0 aliphatic heterocycles. The van der Waals surface area contributed by atoms with E-state index in [0.717, 1.165) is 5.56 Å². The molecule has 0 bridgehead atoms. The fourth-order valence-electron chi connectivity index (χ4n) is 2.67. The van der Waals surface area contributed by atoms with Crippen molar-refractivity contribution in [3.05, 3.63) is 35.9 Å². The van der Waals surface area contributed by atoms with Gasteiger partial charge in [0, 0.05) is 12.6 Å². The molecule has 7 heteroatoms. The van der Waals surface area contributed by atoms with Crippen LogP contribution in [-0.2, 0) is 14.3 Å². The summed E-state index contributed by atoms with van der Waals surface area (Å²) in [6.45, 7) is 11.1. The van der Waals surface area contributed by atoms with Gasteiger partial charge in [0.25, 0.3) is 0 Å². The SMILES string of the molecule is CCCN(C(=O)CNC(=O)OC(C)(C)C)C(C(=O)NC(C)C)c1ccccc1. The standard InChI is InChI=1S/C21H33N3O4/c1-7-13-24(17(25)14-22-20(27)28-21(4,5)6)18(19(26)23-15(2)3)16-11-9-8-10-12-16/h8-12,15,18H,7,13-14H2,1-6H3,(H,22,27)(H,23,26). The Labute approximate surface area is 167 Å². The Morgan fingerprint density at radius 2 is 1.71 bits per heavy atom. The zero-order chi connectivity index (χ0) is 21.3. The van der Waals surface area contributed by atoms with Crippen LogP contribution in [0.4, 0.5) is 4.79 Å². The Morgan fingerprint density at radius 1 is 1.11 bits per heavy atom. The first-order chi connectivity index (χ1) is 13.0. The van der Waals surface area contributed by atoms with E-state index < -0.39 is 17.7 Å². The monoisotopic (exact) mass is 391 g/mol. The van der Waals surface area contributed by atoms with E-state index in [1.807, 2.05) is 51.1 Å². The smallest absolute Gasteiger partial charge is 0.408 e. The van der Waals surface area contributed by atoms with Gasteiger partial charge in [0.15, 0.2) is 0 Å². The van der Waals surface area contributed by atoms with Gasteiger partial charge in [-0.1, -0.05) is 37.3 Å². The van der Waals surface area contributed by atoms with Crippen molar-refractivity contribution >= 4 is 17.9 Å². The van der Waals surface area contributed by atoms with E-state index in [1.54, 1.807) is 20.8 Å². The van der Waals surface area contributed by atoms with Crippen LogP contribution < -0.4 is 10.6 Å². The van der Waals surface area contributed by atoms with Crippen molar-refractivity contribution in [3.63, 3.8) is 0 Å². The summed E-state index contributed by atoms with van der Waals surface area (Å²) in [5.41, 5.74) is 0.0691. The lowest BCUT2D eigenvalue weighted by Gasteiger charge is -2.32. The number of carbonyl (C=O) groups excluding carboxylic acids is 3. The molecule has 156 valence electrons. The Hall–Kier alpha value is -2.57. The predicted molar refractivity (Wildman–Crippen MR) is 109 cm³/mol. The van der Waals surface area contributed by atoms with Crippen molar-refractivity contribution in [2.24, 2.45) is 0 Å². The molecule has 28 heavy (non-hydrogen) atoms. The molecule has 0 saturated heterocycles. The second-order valence-electron chi connectivity index (χ2n) is 7.92. The van der Waals surface area contributed by atoms with Gasteiger partial charge in [-0.05, 0) is 46.6 Å². The molecule has 0 heterocycles. The number of alkyl carbamates (subject to hydrolysis) is 1.